The molecule has 3 aromatic heterocycles. The third-order valence-electron chi connectivity index (χ3n) is 6.57. The van der Waals surface area contributed by atoms with Gasteiger partial charge in [0.05, 0.1) is 24.2 Å². The summed E-state index contributed by atoms with van der Waals surface area (Å²) in [4.78, 5) is 25.1. The van der Waals surface area contributed by atoms with Crippen molar-refractivity contribution in [3.63, 3.8) is 0 Å². The third-order valence-corrected chi connectivity index (χ3v) is 6.80. The van der Waals surface area contributed by atoms with Crippen LogP contribution >= 0.6 is 11.6 Å². The van der Waals surface area contributed by atoms with Gasteiger partial charge in [0.2, 0.25) is 5.82 Å². The molecule has 33 heavy (non-hydrogen) atoms. The first-order valence-corrected chi connectivity index (χ1v) is 11.4. The van der Waals surface area contributed by atoms with E-state index in [-0.39, 0.29) is 11.4 Å². The zero-order chi connectivity index (χ0) is 22.6. The van der Waals surface area contributed by atoms with Gasteiger partial charge in [-0.2, -0.15) is 4.98 Å². The fourth-order valence-electron chi connectivity index (χ4n) is 4.46. The van der Waals surface area contributed by atoms with E-state index in [0.717, 1.165) is 43.5 Å². The number of fused-ring (bicyclic) bond motifs is 3. The molecule has 1 aliphatic carbocycles. The van der Waals surface area contributed by atoms with Crippen LogP contribution in [-0.4, -0.2) is 69.0 Å². The molecule has 0 unspecified atom stereocenters. The summed E-state index contributed by atoms with van der Waals surface area (Å²) < 4.78 is 20.0. The van der Waals surface area contributed by atoms with E-state index in [9.17, 15) is 4.79 Å². The summed E-state index contributed by atoms with van der Waals surface area (Å²) in [6.07, 6.45) is 3.28. The second kappa shape index (κ2) is 7.91. The predicted molar refractivity (Wildman–Crippen MR) is 120 cm³/mol. The molecule has 6 rings (SSSR count). The fourth-order valence-corrected chi connectivity index (χ4v) is 4.63. The number of aromatic nitrogens is 5. The molecule has 11 heteroatoms. The largest absolute Gasteiger partial charge is 0.379 e. The maximum absolute atomic E-state index is 13.8. The van der Waals surface area contributed by atoms with Crippen LogP contribution in [0.25, 0.3) is 28.1 Å². The van der Waals surface area contributed by atoms with E-state index >= 15 is 0 Å². The Morgan fingerprint density at radius 3 is 2.76 bits per heavy atom. The predicted octanol–water partition coefficient (Wildman–Crippen LogP) is 2.32. The Bertz CT molecular complexity index is 1400. The molecule has 2 aliphatic rings. The third kappa shape index (κ3) is 3.45. The molecule has 0 radical (unpaired) electrons. The Hall–Kier alpha value is -2.79. The lowest BCUT2D eigenvalue weighted by Gasteiger charge is -2.27. The number of rotatable bonds is 6. The van der Waals surface area contributed by atoms with Crippen molar-refractivity contribution in [2.75, 3.05) is 40.0 Å². The normalized spacial score (nSPS) is 18.4. The molecule has 2 fully saturated rings. The van der Waals surface area contributed by atoms with Crippen molar-refractivity contribution in [3.05, 3.63) is 45.8 Å². The molecule has 1 saturated carbocycles. The monoisotopic (exact) mass is 470 g/mol. The number of methoxy groups -OCH3 is 1. The molecule has 0 spiro atoms. The Labute approximate surface area is 193 Å². The van der Waals surface area contributed by atoms with Crippen LogP contribution in [0.1, 0.15) is 18.7 Å². The highest BCUT2D eigenvalue weighted by Gasteiger charge is 2.50. The number of hydrogen-bond donors (Lipinski definition) is 0. The van der Waals surface area contributed by atoms with E-state index in [0.29, 0.717) is 41.9 Å². The standard InChI is InChI=1S/C22H23ClN6O4/c1-31-22(4-5-22)21-25-19(26-33-21)17-18-20(30)28(7-6-27-8-10-32-11-9-27)16-12-14(23)2-3-15(16)29(18)13-24-17/h2-3,12-13H,4-11H2,1H3. The van der Waals surface area contributed by atoms with Crippen LogP contribution < -0.4 is 5.56 Å². The van der Waals surface area contributed by atoms with Gasteiger partial charge >= 0.3 is 0 Å². The number of hydrogen-bond acceptors (Lipinski definition) is 8. The number of morpholine rings is 1. The van der Waals surface area contributed by atoms with Gasteiger partial charge in [0.1, 0.15) is 23.1 Å². The highest BCUT2D eigenvalue weighted by molar-refractivity contribution is 6.31. The van der Waals surface area contributed by atoms with Gasteiger partial charge in [-0.3, -0.25) is 14.1 Å². The molecule has 1 aliphatic heterocycles. The van der Waals surface area contributed by atoms with E-state index in [1.165, 1.54) is 0 Å². The molecule has 4 aromatic rings. The zero-order valence-electron chi connectivity index (χ0n) is 18.2. The maximum Gasteiger partial charge on any atom is 0.277 e. The zero-order valence-corrected chi connectivity index (χ0v) is 18.9. The SMILES string of the molecule is COC1(c2nc(-c3ncn4c3c(=O)n(CCN3CCOCC3)c3cc(Cl)ccc34)no2)CC1. The lowest BCUT2D eigenvalue weighted by atomic mass is 10.2. The summed E-state index contributed by atoms with van der Waals surface area (Å²) in [7, 11) is 1.63. The van der Waals surface area contributed by atoms with Crippen molar-refractivity contribution in [1.82, 2.24) is 29.0 Å². The molecule has 0 bridgehead atoms. The fraction of sp³-hybridized carbons (Fsp3) is 0.455. The van der Waals surface area contributed by atoms with Crippen molar-refractivity contribution in [2.45, 2.75) is 25.0 Å². The van der Waals surface area contributed by atoms with Gasteiger partial charge in [-0.25, -0.2) is 4.98 Å². The van der Waals surface area contributed by atoms with E-state index in [2.05, 4.69) is 20.0 Å². The number of halogens is 1. The summed E-state index contributed by atoms with van der Waals surface area (Å²) in [5.41, 5.74) is 1.68. The topological polar surface area (TPSA) is 99.9 Å². The van der Waals surface area contributed by atoms with Gasteiger partial charge in [0.25, 0.3) is 11.4 Å². The van der Waals surface area contributed by atoms with Gasteiger partial charge in [0.15, 0.2) is 0 Å². The van der Waals surface area contributed by atoms with Crippen LogP contribution in [0.5, 0.6) is 0 Å². The van der Waals surface area contributed by atoms with Crippen LogP contribution in [0.4, 0.5) is 0 Å². The Morgan fingerprint density at radius 2 is 2.00 bits per heavy atom. The minimum absolute atomic E-state index is 0.176. The molecule has 10 nitrogen and oxygen atoms in total. The Morgan fingerprint density at radius 1 is 1.18 bits per heavy atom. The van der Waals surface area contributed by atoms with Gasteiger partial charge in [-0.1, -0.05) is 16.8 Å². The summed E-state index contributed by atoms with van der Waals surface area (Å²) >= 11 is 6.30. The molecule has 0 atom stereocenters. The average molecular weight is 471 g/mol. The summed E-state index contributed by atoms with van der Waals surface area (Å²) in [6, 6.07) is 5.52. The first-order chi connectivity index (χ1) is 16.1. The smallest absolute Gasteiger partial charge is 0.277 e. The van der Waals surface area contributed by atoms with Gasteiger partial charge in [-0.05, 0) is 31.0 Å². The van der Waals surface area contributed by atoms with Gasteiger partial charge < -0.3 is 18.6 Å². The van der Waals surface area contributed by atoms with Crippen molar-refractivity contribution in [1.29, 1.82) is 0 Å². The Balaban J connectivity index is 1.48. The minimum Gasteiger partial charge on any atom is -0.379 e. The number of ether oxygens (including phenoxy) is 2. The van der Waals surface area contributed by atoms with Crippen molar-refractivity contribution in [2.24, 2.45) is 0 Å². The molecule has 0 N–H and O–H groups in total. The molecule has 4 heterocycles. The second-order valence-corrected chi connectivity index (χ2v) is 8.91. The van der Waals surface area contributed by atoms with Crippen molar-refractivity contribution < 1.29 is 14.0 Å². The molecule has 0 amide bonds. The van der Waals surface area contributed by atoms with E-state index in [4.69, 9.17) is 25.6 Å². The summed E-state index contributed by atoms with van der Waals surface area (Å²) in [5.74, 6) is 0.697. The van der Waals surface area contributed by atoms with Crippen molar-refractivity contribution in [3.8, 4) is 11.5 Å². The molecular formula is C22H23ClN6O4. The van der Waals surface area contributed by atoms with E-state index in [1.807, 2.05) is 18.2 Å². The number of nitrogens with zero attached hydrogens (tertiary/aromatic N) is 6. The average Bonchev–Trinajstić information content (AvgIpc) is 3.25. The highest BCUT2D eigenvalue weighted by Crippen LogP contribution is 2.48. The molecule has 172 valence electrons. The highest BCUT2D eigenvalue weighted by atomic mass is 35.5. The van der Waals surface area contributed by atoms with Gasteiger partial charge in [-0.15, -0.1) is 0 Å². The van der Waals surface area contributed by atoms with E-state index < -0.39 is 5.60 Å². The first-order valence-electron chi connectivity index (χ1n) is 11.0. The Kier molecular flexibility index (Phi) is 4.98. The maximum atomic E-state index is 13.8. The molecular weight excluding hydrogens is 448 g/mol. The summed E-state index contributed by atoms with van der Waals surface area (Å²) in [6.45, 7) is 4.35. The molecule has 1 aromatic carbocycles. The summed E-state index contributed by atoms with van der Waals surface area (Å²) in [5, 5.41) is 4.68. The van der Waals surface area contributed by atoms with Gasteiger partial charge in [0, 0.05) is 38.3 Å². The number of benzene rings is 1. The van der Waals surface area contributed by atoms with Crippen LogP contribution in [0, 0.1) is 0 Å². The van der Waals surface area contributed by atoms with Crippen molar-refractivity contribution >= 4 is 28.2 Å². The quantitative estimate of drug-likeness (QED) is 0.423. The first kappa shape index (κ1) is 20.8. The van der Waals surface area contributed by atoms with Crippen LogP contribution in [0.3, 0.4) is 0 Å². The number of imidazole rings is 1. The van der Waals surface area contributed by atoms with Crippen LogP contribution in [0.2, 0.25) is 5.02 Å². The van der Waals surface area contributed by atoms with Crippen LogP contribution in [-0.2, 0) is 21.6 Å². The second-order valence-electron chi connectivity index (χ2n) is 8.48. The lowest BCUT2D eigenvalue weighted by molar-refractivity contribution is 0.0364. The van der Waals surface area contributed by atoms with Crippen LogP contribution in [0.15, 0.2) is 33.8 Å². The minimum atomic E-state index is -0.511. The van der Waals surface area contributed by atoms with E-state index in [1.54, 1.807) is 22.4 Å². The molecule has 1 saturated heterocycles. The lowest BCUT2D eigenvalue weighted by Crippen LogP contribution is -2.39.